The molecule has 4 unspecified atom stereocenters. The van der Waals surface area contributed by atoms with E-state index < -0.39 is 133 Å². The molecule has 406 valence electrons. The summed E-state index contributed by atoms with van der Waals surface area (Å²) in [5, 5.41) is 37.8. The van der Waals surface area contributed by atoms with Gasteiger partial charge in [-0.05, 0) is 80.5 Å². The fraction of sp³-hybridized carbons (Fsp3) is 0.804. The third kappa shape index (κ3) is 26.6. The number of rotatable bonds is 22. The Bertz CT molecular complexity index is 1770. The lowest BCUT2D eigenvalue weighted by atomic mass is 9.98. The molecule has 0 radical (unpaired) electrons. The maximum absolute atomic E-state index is 14.2. The summed E-state index contributed by atoms with van der Waals surface area (Å²) in [7, 11) is 0. The van der Waals surface area contributed by atoms with Crippen LogP contribution in [-0.2, 0) is 52.7 Å². The monoisotopic (exact) mass is 1010 g/mol. The van der Waals surface area contributed by atoms with Gasteiger partial charge < -0.3 is 52.2 Å². The van der Waals surface area contributed by atoms with Crippen LogP contribution in [0.25, 0.3) is 0 Å². The molecule has 1 aliphatic heterocycles. The molecule has 0 bridgehead atoms. The number of carbonyl (C=O) groups excluding carboxylic acids is 8. The highest BCUT2D eigenvalue weighted by Gasteiger charge is 2.37. The van der Waals surface area contributed by atoms with Crippen molar-refractivity contribution in [3.05, 3.63) is 0 Å². The minimum absolute atomic E-state index is 0.0387. The Morgan fingerprint density at radius 2 is 0.873 bits per heavy atom. The smallest absolute Gasteiger partial charge is 0.328 e. The van der Waals surface area contributed by atoms with Crippen LogP contribution in [0.15, 0.2) is 0 Å². The van der Waals surface area contributed by atoms with Crippen molar-refractivity contribution in [2.75, 3.05) is 0 Å². The summed E-state index contributed by atoms with van der Waals surface area (Å²) in [4.78, 5) is 136. The zero-order chi connectivity index (χ0) is 54.1. The lowest BCUT2D eigenvalue weighted by Crippen LogP contribution is -2.61. The fourth-order valence-electron chi connectivity index (χ4n) is 8.22. The van der Waals surface area contributed by atoms with Crippen LogP contribution in [0.2, 0.25) is 0 Å². The molecule has 1 fully saturated rings. The molecule has 1 aliphatic rings. The van der Waals surface area contributed by atoms with Gasteiger partial charge in [-0.15, -0.1) is 0 Å². The van der Waals surface area contributed by atoms with Crippen LogP contribution < -0.4 is 37.2 Å². The van der Waals surface area contributed by atoms with E-state index in [4.69, 9.17) is 4.74 Å². The van der Waals surface area contributed by atoms with Gasteiger partial charge in [-0.25, -0.2) is 4.79 Å². The first kappa shape index (κ1) is 63.7. The van der Waals surface area contributed by atoms with E-state index in [0.29, 0.717) is 12.3 Å². The predicted molar refractivity (Wildman–Crippen MR) is 267 cm³/mol. The average Bonchev–Trinajstić information content (AvgIpc) is 3.23. The summed E-state index contributed by atoms with van der Waals surface area (Å²) in [5.41, 5.74) is 0. The summed E-state index contributed by atoms with van der Waals surface area (Å²) in [5.74, 6) is -10.2. The molecule has 8 atom stereocenters. The number of aliphatic carboxylic acids is 2. The van der Waals surface area contributed by atoms with Gasteiger partial charge in [0.15, 0.2) is 0 Å². The Labute approximate surface area is 421 Å². The van der Waals surface area contributed by atoms with E-state index in [-0.39, 0.29) is 62.2 Å². The maximum atomic E-state index is 14.2. The fourth-order valence-corrected chi connectivity index (χ4v) is 8.22. The Kier molecular flexibility index (Phi) is 29.3. The predicted octanol–water partition coefficient (Wildman–Crippen LogP) is 4.26. The first-order chi connectivity index (χ1) is 33.1. The minimum atomic E-state index is -1.72. The van der Waals surface area contributed by atoms with Crippen LogP contribution in [0.5, 0.6) is 0 Å². The molecule has 0 aromatic heterocycles. The highest BCUT2D eigenvalue weighted by Crippen LogP contribution is 2.19. The normalized spacial score (nSPS) is 24.4. The number of carboxylic acid groups (broad SMARTS) is 2. The number of esters is 1. The Hall–Kier alpha value is -5.30. The summed E-state index contributed by atoms with van der Waals surface area (Å²) in [6.07, 6.45) is 2.60. The van der Waals surface area contributed by atoms with Crippen LogP contribution in [-0.4, -0.2) is 118 Å². The van der Waals surface area contributed by atoms with Crippen molar-refractivity contribution in [3.63, 3.8) is 0 Å². The second-order valence-corrected chi connectivity index (χ2v) is 21.7. The average molecular weight is 1010 g/mol. The van der Waals surface area contributed by atoms with E-state index in [1.54, 1.807) is 55.4 Å². The van der Waals surface area contributed by atoms with E-state index in [9.17, 15) is 58.2 Å². The molecule has 0 aromatic carbocycles. The van der Waals surface area contributed by atoms with Crippen LogP contribution in [0.1, 0.15) is 179 Å². The zero-order valence-corrected chi connectivity index (χ0v) is 44.6. The van der Waals surface area contributed by atoms with Crippen molar-refractivity contribution in [2.24, 2.45) is 35.5 Å². The second kappa shape index (κ2) is 32.6. The van der Waals surface area contributed by atoms with E-state index in [1.165, 1.54) is 0 Å². The van der Waals surface area contributed by atoms with E-state index in [0.717, 1.165) is 32.1 Å². The van der Waals surface area contributed by atoms with Gasteiger partial charge in [-0.2, -0.15) is 0 Å². The number of hydrogen-bond donors (Lipinski definition) is 9. The largest absolute Gasteiger partial charge is 0.481 e. The zero-order valence-electron chi connectivity index (χ0n) is 44.6. The molecule has 9 N–H and O–H groups in total. The summed E-state index contributed by atoms with van der Waals surface area (Å²) in [6, 6.07) is -9.64. The standard InChI is InChI=1S/C51H89N7O13/c1-28(2)18-16-14-13-15-17-19-34-26-41(59)52-35(20-21-42(60)61)45(64)53-36(22-29(3)4)46(65)55-38(24-31(7)8)49(68)58-44(33(11)12)50(69)56-39(27-43(62)63)48(67)54-37(23-30(5)6)47(66)57-40(25-32(9)10)51(70)71-34/h28-40,44H,13-27H2,1-12H3,(H,52,59)(H,53,64)(H,54,67)(H,55,65)(H,56,69)(H,57,66)(H,58,68)(H,60,61)(H,62,63)/t34?,35-,36?,37+,38+,39?,40?,44-/m0/s1. The minimum Gasteiger partial charge on any atom is -0.481 e. The molecule has 0 saturated carbocycles. The number of amides is 7. The van der Waals surface area contributed by atoms with Crippen molar-refractivity contribution in [2.45, 2.75) is 228 Å². The highest BCUT2D eigenvalue weighted by atomic mass is 16.5. The van der Waals surface area contributed by atoms with Gasteiger partial charge in [-0.3, -0.25) is 43.2 Å². The Balaban J connectivity index is 4.00. The van der Waals surface area contributed by atoms with Gasteiger partial charge in [0.2, 0.25) is 41.4 Å². The van der Waals surface area contributed by atoms with Crippen molar-refractivity contribution >= 4 is 59.3 Å². The molecular weight excluding hydrogens is 919 g/mol. The van der Waals surface area contributed by atoms with Crippen LogP contribution >= 0.6 is 0 Å². The van der Waals surface area contributed by atoms with Crippen LogP contribution in [0, 0.1) is 35.5 Å². The van der Waals surface area contributed by atoms with E-state index in [1.807, 2.05) is 13.8 Å². The highest BCUT2D eigenvalue weighted by molar-refractivity contribution is 5.98. The number of nitrogens with one attached hydrogen (secondary N) is 7. The maximum Gasteiger partial charge on any atom is 0.328 e. The number of ether oxygens (including phenoxy) is 1. The van der Waals surface area contributed by atoms with Gasteiger partial charge in [0.1, 0.15) is 48.4 Å². The SMILES string of the molecule is CC(C)CCCCCCCC1CC(=O)N[C@@H](CCC(=O)O)C(=O)NC(CC(C)C)C(=O)N[C@H](CC(C)C)C(=O)N[C@@H](C(C)C)C(=O)NC(CC(=O)O)C(=O)N[C@H](CC(C)C)C(=O)NC(CC(C)C)C(=O)O1. The molecule has 0 aromatic rings. The topological polar surface area (TPSA) is 305 Å². The molecule has 0 aliphatic carbocycles. The number of cyclic esters (lactones) is 1. The Morgan fingerprint density at radius 3 is 1.32 bits per heavy atom. The molecule has 0 spiro atoms. The number of carboxylic acids is 2. The third-order valence-corrected chi connectivity index (χ3v) is 11.9. The van der Waals surface area contributed by atoms with Gasteiger partial charge >= 0.3 is 17.9 Å². The first-order valence-electron chi connectivity index (χ1n) is 25.8. The quantitative estimate of drug-likeness (QED) is 0.0542. The molecule has 71 heavy (non-hydrogen) atoms. The third-order valence-electron chi connectivity index (χ3n) is 11.9. The van der Waals surface area contributed by atoms with Gasteiger partial charge in [0, 0.05) is 6.42 Å². The van der Waals surface area contributed by atoms with Crippen molar-refractivity contribution in [3.8, 4) is 0 Å². The molecule has 1 heterocycles. The number of unbranched alkanes of at least 4 members (excludes halogenated alkanes) is 4. The Morgan fingerprint density at radius 1 is 0.465 bits per heavy atom. The molecular formula is C51H89N7O13. The summed E-state index contributed by atoms with van der Waals surface area (Å²) in [6.45, 7) is 21.9. The lowest BCUT2D eigenvalue weighted by Gasteiger charge is -2.29. The number of carbonyl (C=O) groups is 10. The van der Waals surface area contributed by atoms with E-state index in [2.05, 4.69) is 51.1 Å². The molecule has 7 amide bonds. The molecule has 20 nitrogen and oxygen atoms in total. The first-order valence-corrected chi connectivity index (χ1v) is 25.8. The van der Waals surface area contributed by atoms with Crippen molar-refractivity contribution in [1.82, 2.24) is 37.2 Å². The van der Waals surface area contributed by atoms with Crippen molar-refractivity contribution < 1.29 is 62.9 Å². The molecule has 1 saturated heterocycles. The summed E-state index contributed by atoms with van der Waals surface area (Å²) < 4.78 is 6.02. The van der Waals surface area contributed by atoms with Crippen LogP contribution in [0.4, 0.5) is 0 Å². The van der Waals surface area contributed by atoms with Gasteiger partial charge in [-0.1, -0.05) is 115 Å². The molecule has 20 heteroatoms. The van der Waals surface area contributed by atoms with E-state index >= 15 is 0 Å². The summed E-state index contributed by atoms with van der Waals surface area (Å²) >= 11 is 0. The van der Waals surface area contributed by atoms with Gasteiger partial charge in [0.05, 0.1) is 12.8 Å². The number of hydrogen-bond acceptors (Lipinski definition) is 11. The van der Waals surface area contributed by atoms with Crippen molar-refractivity contribution in [1.29, 1.82) is 0 Å². The lowest BCUT2D eigenvalue weighted by molar-refractivity contribution is -0.155. The molecule has 1 rings (SSSR count). The van der Waals surface area contributed by atoms with Gasteiger partial charge in [0.25, 0.3) is 0 Å². The van der Waals surface area contributed by atoms with Crippen LogP contribution in [0.3, 0.4) is 0 Å². The second-order valence-electron chi connectivity index (χ2n) is 21.7.